The van der Waals surface area contributed by atoms with Gasteiger partial charge in [0.25, 0.3) is 0 Å². The number of rotatable bonds is 8. The van der Waals surface area contributed by atoms with E-state index in [0.29, 0.717) is 18.1 Å². The van der Waals surface area contributed by atoms with E-state index in [1.807, 2.05) is 18.2 Å². The molecule has 0 amide bonds. The van der Waals surface area contributed by atoms with Gasteiger partial charge in [-0.25, -0.2) is 8.78 Å². The number of halogens is 2. The second-order valence-electron chi connectivity index (χ2n) is 6.57. The molecule has 2 atom stereocenters. The summed E-state index contributed by atoms with van der Waals surface area (Å²) in [6.45, 7) is 2.01. The van der Waals surface area contributed by atoms with Gasteiger partial charge in [0, 0.05) is 0 Å². The molecular formula is C19H28F2O. The first-order valence-corrected chi connectivity index (χ1v) is 8.65. The fourth-order valence-corrected chi connectivity index (χ4v) is 3.43. The lowest BCUT2D eigenvalue weighted by atomic mass is 9.78. The third-order valence-corrected chi connectivity index (χ3v) is 4.77. The van der Waals surface area contributed by atoms with Crippen LogP contribution in [-0.2, 0) is 0 Å². The van der Waals surface area contributed by atoms with Crippen molar-refractivity contribution in [2.45, 2.75) is 64.2 Å². The maximum atomic E-state index is 14.1. The summed E-state index contributed by atoms with van der Waals surface area (Å²) in [5, 5.41) is 0. The topological polar surface area (TPSA) is 9.23 Å². The first kappa shape index (κ1) is 17.2. The number of ether oxygens (including phenoxy) is 1. The second kappa shape index (κ2) is 9.12. The van der Waals surface area contributed by atoms with Crippen molar-refractivity contribution in [2.75, 3.05) is 6.61 Å². The molecule has 22 heavy (non-hydrogen) atoms. The zero-order chi connectivity index (χ0) is 15.8. The van der Waals surface area contributed by atoms with E-state index in [0.717, 1.165) is 18.8 Å². The van der Waals surface area contributed by atoms with Gasteiger partial charge in [-0.2, -0.15) is 0 Å². The van der Waals surface area contributed by atoms with Gasteiger partial charge in [-0.1, -0.05) is 63.6 Å². The molecule has 0 aliphatic heterocycles. The van der Waals surface area contributed by atoms with Crippen molar-refractivity contribution in [1.29, 1.82) is 0 Å². The van der Waals surface area contributed by atoms with Crippen molar-refractivity contribution in [3.05, 3.63) is 30.3 Å². The standard InChI is InChI=1S/C19H28F2O/c1-2-6-15-9-11-16(12-10-15)13-18(20)19(21)14-22-17-7-4-3-5-8-17/h3-5,7-8,15-16,18-19H,2,6,9-14H2,1H3/t15-,16-,18?,19?. The summed E-state index contributed by atoms with van der Waals surface area (Å²) in [6, 6.07) is 9.03. The van der Waals surface area contributed by atoms with E-state index in [1.165, 1.54) is 25.7 Å². The van der Waals surface area contributed by atoms with Gasteiger partial charge in [0.2, 0.25) is 0 Å². The maximum Gasteiger partial charge on any atom is 0.165 e. The molecule has 1 aromatic carbocycles. The van der Waals surface area contributed by atoms with Crippen molar-refractivity contribution in [3.8, 4) is 5.75 Å². The Morgan fingerprint density at radius 2 is 1.64 bits per heavy atom. The average molecular weight is 310 g/mol. The van der Waals surface area contributed by atoms with Crippen LogP contribution in [-0.4, -0.2) is 19.0 Å². The van der Waals surface area contributed by atoms with Gasteiger partial charge in [-0.3, -0.25) is 0 Å². The molecule has 3 heteroatoms. The van der Waals surface area contributed by atoms with Crippen molar-refractivity contribution >= 4 is 0 Å². The Labute approximate surface area is 133 Å². The average Bonchev–Trinajstić information content (AvgIpc) is 2.55. The van der Waals surface area contributed by atoms with E-state index >= 15 is 0 Å². The van der Waals surface area contributed by atoms with Crippen LogP contribution in [0.4, 0.5) is 8.78 Å². The predicted molar refractivity (Wildman–Crippen MR) is 86.7 cm³/mol. The van der Waals surface area contributed by atoms with E-state index in [4.69, 9.17) is 4.74 Å². The number of para-hydroxylation sites is 1. The molecule has 0 saturated heterocycles. The van der Waals surface area contributed by atoms with E-state index in [2.05, 4.69) is 6.92 Å². The molecule has 2 rings (SSSR count). The highest BCUT2D eigenvalue weighted by Gasteiger charge is 2.28. The van der Waals surface area contributed by atoms with E-state index in [-0.39, 0.29) is 6.61 Å². The number of hydrogen-bond donors (Lipinski definition) is 0. The van der Waals surface area contributed by atoms with Crippen LogP contribution < -0.4 is 4.74 Å². The molecule has 1 fully saturated rings. The van der Waals surface area contributed by atoms with E-state index in [9.17, 15) is 8.78 Å². The fraction of sp³-hybridized carbons (Fsp3) is 0.684. The van der Waals surface area contributed by atoms with E-state index < -0.39 is 12.3 Å². The Bertz CT molecular complexity index is 401. The molecule has 0 spiro atoms. The lowest BCUT2D eigenvalue weighted by Gasteiger charge is -2.29. The molecule has 2 unspecified atom stereocenters. The fourth-order valence-electron chi connectivity index (χ4n) is 3.43. The lowest BCUT2D eigenvalue weighted by Crippen LogP contribution is -2.28. The van der Waals surface area contributed by atoms with Crippen LogP contribution in [0.3, 0.4) is 0 Å². The summed E-state index contributed by atoms with van der Waals surface area (Å²) in [6.07, 6.45) is 4.38. The third-order valence-electron chi connectivity index (χ3n) is 4.77. The van der Waals surface area contributed by atoms with Gasteiger partial charge in [-0.05, 0) is 30.4 Å². The molecule has 1 aromatic rings. The van der Waals surface area contributed by atoms with Crippen LogP contribution in [0, 0.1) is 11.8 Å². The zero-order valence-corrected chi connectivity index (χ0v) is 13.5. The predicted octanol–water partition coefficient (Wildman–Crippen LogP) is 5.74. The first-order valence-electron chi connectivity index (χ1n) is 8.65. The Hall–Kier alpha value is -1.12. The van der Waals surface area contributed by atoms with Crippen molar-refractivity contribution < 1.29 is 13.5 Å². The largest absolute Gasteiger partial charge is 0.490 e. The molecular weight excluding hydrogens is 282 g/mol. The van der Waals surface area contributed by atoms with E-state index in [1.54, 1.807) is 12.1 Å². The Kier molecular flexibility index (Phi) is 7.14. The summed E-state index contributed by atoms with van der Waals surface area (Å²) < 4.78 is 33.3. The molecule has 0 bridgehead atoms. The minimum atomic E-state index is -1.53. The van der Waals surface area contributed by atoms with Gasteiger partial charge >= 0.3 is 0 Å². The number of alkyl halides is 2. The minimum Gasteiger partial charge on any atom is -0.490 e. The minimum absolute atomic E-state index is 0.198. The smallest absolute Gasteiger partial charge is 0.165 e. The summed E-state index contributed by atoms with van der Waals surface area (Å²) in [4.78, 5) is 0. The second-order valence-corrected chi connectivity index (χ2v) is 6.57. The molecule has 1 aliphatic rings. The van der Waals surface area contributed by atoms with Gasteiger partial charge in [0.15, 0.2) is 6.17 Å². The van der Waals surface area contributed by atoms with Crippen molar-refractivity contribution in [1.82, 2.24) is 0 Å². The van der Waals surface area contributed by atoms with Gasteiger partial charge in [0.1, 0.15) is 18.5 Å². The zero-order valence-electron chi connectivity index (χ0n) is 13.5. The van der Waals surface area contributed by atoms with Crippen LogP contribution in [0.5, 0.6) is 5.75 Å². The molecule has 0 heterocycles. The Morgan fingerprint density at radius 3 is 2.27 bits per heavy atom. The van der Waals surface area contributed by atoms with Crippen LogP contribution in [0.25, 0.3) is 0 Å². The van der Waals surface area contributed by atoms with Crippen LogP contribution in [0.15, 0.2) is 30.3 Å². The summed E-state index contributed by atoms with van der Waals surface area (Å²) in [5.41, 5.74) is 0. The quantitative estimate of drug-likeness (QED) is 0.595. The van der Waals surface area contributed by atoms with Gasteiger partial charge in [-0.15, -0.1) is 0 Å². The molecule has 124 valence electrons. The highest BCUT2D eigenvalue weighted by molar-refractivity contribution is 5.20. The van der Waals surface area contributed by atoms with Crippen molar-refractivity contribution in [2.24, 2.45) is 11.8 Å². The number of benzene rings is 1. The van der Waals surface area contributed by atoms with Crippen molar-refractivity contribution in [3.63, 3.8) is 0 Å². The summed E-state index contributed by atoms with van der Waals surface area (Å²) >= 11 is 0. The van der Waals surface area contributed by atoms with Crippen LogP contribution >= 0.6 is 0 Å². The van der Waals surface area contributed by atoms with Gasteiger partial charge in [0.05, 0.1) is 0 Å². The Balaban J connectivity index is 1.67. The third kappa shape index (κ3) is 5.58. The highest BCUT2D eigenvalue weighted by Crippen LogP contribution is 2.34. The molecule has 0 aromatic heterocycles. The number of hydrogen-bond acceptors (Lipinski definition) is 1. The Morgan fingerprint density at radius 1 is 1.00 bits per heavy atom. The van der Waals surface area contributed by atoms with Crippen LogP contribution in [0.1, 0.15) is 51.9 Å². The highest BCUT2D eigenvalue weighted by atomic mass is 19.2. The normalized spacial score (nSPS) is 24.7. The SMILES string of the molecule is CCC[C@H]1CC[C@H](CC(F)C(F)COc2ccccc2)CC1. The lowest BCUT2D eigenvalue weighted by molar-refractivity contribution is 0.0830. The molecule has 0 radical (unpaired) electrons. The van der Waals surface area contributed by atoms with Gasteiger partial charge < -0.3 is 4.74 Å². The van der Waals surface area contributed by atoms with Crippen LogP contribution in [0.2, 0.25) is 0 Å². The molecule has 0 N–H and O–H groups in total. The monoisotopic (exact) mass is 310 g/mol. The first-order chi connectivity index (χ1) is 10.7. The molecule has 1 aliphatic carbocycles. The summed E-state index contributed by atoms with van der Waals surface area (Å²) in [7, 11) is 0. The summed E-state index contributed by atoms with van der Waals surface area (Å²) in [5.74, 6) is 1.75. The molecule has 1 saturated carbocycles. The molecule has 1 nitrogen and oxygen atoms in total. The maximum absolute atomic E-state index is 14.1.